The lowest BCUT2D eigenvalue weighted by atomic mass is 10.0. The number of hydrogen-bond acceptors (Lipinski definition) is 6. The highest BCUT2D eigenvalue weighted by Crippen LogP contribution is 2.35. The predicted octanol–water partition coefficient (Wildman–Crippen LogP) is 5.84. The maximum Gasteiger partial charge on any atom is 0.127 e. The molecule has 0 bridgehead atoms. The van der Waals surface area contributed by atoms with Crippen molar-refractivity contribution < 1.29 is 9.13 Å². The van der Waals surface area contributed by atoms with Gasteiger partial charge in [-0.05, 0) is 67.9 Å². The van der Waals surface area contributed by atoms with Crippen LogP contribution in [-0.2, 0) is 0 Å². The van der Waals surface area contributed by atoms with Gasteiger partial charge in [0.2, 0.25) is 0 Å². The van der Waals surface area contributed by atoms with Gasteiger partial charge in [-0.25, -0.2) is 4.39 Å². The lowest BCUT2D eigenvalue weighted by molar-refractivity contribution is 0.237. The molecule has 6 aromatic rings. The van der Waals surface area contributed by atoms with E-state index < -0.39 is 0 Å². The van der Waals surface area contributed by atoms with Crippen molar-refractivity contribution in [1.82, 2.24) is 35.0 Å². The highest BCUT2D eigenvalue weighted by molar-refractivity contribution is 6.01. The first-order valence-electron chi connectivity index (χ1n) is 13.1. The summed E-state index contributed by atoms with van der Waals surface area (Å²) in [4.78, 5) is 18.9. The molecule has 0 unspecified atom stereocenters. The number of rotatable bonds is 7. The number of nitrogens with one attached hydrogen (secondary N) is 2. The average Bonchev–Trinajstić information content (AvgIpc) is 3.72. The largest absolute Gasteiger partial charge is 0.492 e. The fourth-order valence-corrected chi connectivity index (χ4v) is 5.31. The number of aromatic nitrogens is 6. The standard InChI is InChI=1S/C30H26FN7O/c31-21-11-20(12-22(13-21)39-10-9-38-7-1-2-8-38)25-16-33-17-28-23(25)14-27(35-28)30-24-15-26(19-3-5-32-6-4-19)34-18-29(24)36-37-30/h3-6,11-18,35H,1-2,7-10H2,(H,36,37). The molecule has 194 valence electrons. The second kappa shape index (κ2) is 9.92. The maximum atomic E-state index is 14.7. The van der Waals surface area contributed by atoms with Crippen LogP contribution in [0.1, 0.15) is 12.8 Å². The van der Waals surface area contributed by atoms with E-state index in [-0.39, 0.29) is 5.82 Å². The summed E-state index contributed by atoms with van der Waals surface area (Å²) in [6.45, 7) is 3.59. The number of fused-ring (bicyclic) bond motifs is 2. The first-order valence-corrected chi connectivity index (χ1v) is 13.1. The van der Waals surface area contributed by atoms with Crippen molar-refractivity contribution in [2.75, 3.05) is 26.2 Å². The molecule has 7 rings (SSSR count). The zero-order chi connectivity index (χ0) is 26.2. The molecule has 2 N–H and O–H groups in total. The zero-order valence-corrected chi connectivity index (χ0v) is 21.2. The monoisotopic (exact) mass is 519 g/mol. The Hall–Kier alpha value is -4.63. The minimum Gasteiger partial charge on any atom is -0.492 e. The molecule has 0 radical (unpaired) electrons. The van der Waals surface area contributed by atoms with Gasteiger partial charge in [0, 0.05) is 53.1 Å². The van der Waals surface area contributed by atoms with E-state index in [9.17, 15) is 4.39 Å². The topological polar surface area (TPSA) is 95.6 Å². The minimum atomic E-state index is -0.342. The third kappa shape index (κ3) is 4.61. The number of nitrogens with zero attached hydrogens (tertiary/aromatic N) is 5. The Kier molecular flexibility index (Phi) is 5.97. The lowest BCUT2D eigenvalue weighted by Gasteiger charge is -2.15. The summed E-state index contributed by atoms with van der Waals surface area (Å²) in [5.74, 6) is 0.178. The van der Waals surface area contributed by atoms with Crippen LogP contribution >= 0.6 is 0 Å². The van der Waals surface area contributed by atoms with E-state index in [4.69, 9.17) is 4.74 Å². The Morgan fingerprint density at radius 2 is 1.74 bits per heavy atom. The van der Waals surface area contributed by atoms with Gasteiger partial charge >= 0.3 is 0 Å². The van der Waals surface area contributed by atoms with Crippen molar-refractivity contribution in [2.45, 2.75) is 12.8 Å². The molecule has 8 nitrogen and oxygen atoms in total. The minimum absolute atomic E-state index is 0.342. The van der Waals surface area contributed by atoms with Crippen LogP contribution in [0.5, 0.6) is 5.75 Å². The summed E-state index contributed by atoms with van der Waals surface area (Å²) in [5, 5.41) is 9.53. The van der Waals surface area contributed by atoms with E-state index in [2.05, 4.69) is 35.0 Å². The molecule has 9 heteroatoms. The van der Waals surface area contributed by atoms with Crippen LogP contribution in [0.3, 0.4) is 0 Å². The molecule has 1 saturated heterocycles. The van der Waals surface area contributed by atoms with Crippen LogP contribution < -0.4 is 4.74 Å². The average molecular weight is 520 g/mol. The van der Waals surface area contributed by atoms with E-state index >= 15 is 0 Å². The number of H-pyrrole nitrogens is 2. The molecule has 1 aliphatic heterocycles. The van der Waals surface area contributed by atoms with E-state index in [1.807, 2.05) is 30.3 Å². The molecule has 5 aromatic heterocycles. The quantitative estimate of drug-likeness (QED) is 0.275. The number of aromatic amines is 2. The fourth-order valence-electron chi connectivity index (χ4n) is 5.31. The van der Waals surface area contributed by atoms with Crippen LogP contribution in [-0.4, -0.2) is 61.3 Å². The van der Waals surface area contributed by atoms with E-state index in [0.717, 1.165) is 69.6 Å². The summed E-state index contributed by atoms with van der Waals surface area (Å²) < 4.78 is 20.6. The van der Waals surface area contributed by atoms with Gasteiger partial charge in [0.25, 0.3) is 0 Å². The number of benzene rings is 1. The predicted molar refractivity (Wildman–Crippen MR) is 149 cm³/mol. The first kappa shape index (κ1) is 23.5. The third-order valence-corrected chi connectivity index (χ3v) is 7.28. The van der Waals surface area contributed by atoms with Crippen LogP contribution in [0.15, 0.2) is 73.4 Å². The Labute approximate surface area is 223 Å². The van der Waals surface area contributed by atoms with E-state index in [0.29, 0.717) is 17.9 Å². The van der Waals surface area contributed by atoms with Gasteiger partial charge in [0.15, 0.2) is 0 Å². The Morgan fingerprint density at radius 3 is 2.62 bits per heavy atom. The van der Waals surface area contributed by atoms with E-state index in [1.165, 1.54) is 25.0 Å². The van der Waals surface area contributed by atoms with Crippen LogP contribution in [0, 0.1) is 5.82 Å². The number of hydrogen-bond donors (Lipinski definition) is 2. The second-order valence-electron chi connectivity index (χ2n) is 9.83. The SMILES string of the molecule is Fc1cc(OCCN2CCCC2)cc(-c2cncc3[nH]c(-c4n[nH]c5cnc(-c6ccncc6)cc45)cc23)c1. The van der Waals surface area contributed by atoms with Crippen molar-refractivity contribution in [3.8, 4) is 39.5 Å². The molecule has 1 fully saturated rings. The zero-order valence-electron chi connectivity index (χ0n) is 21.2. The lowest BCUT2D eigenvalue weighted by Crippen LogP contribution is -2.25. The normalized spacial score (nSPS) is 14.0. The van der Waals surface area contributed by atoms with Crippen LogP contribution in [0.2, 0.25) is 0 Å². The summed E-state index contributed by atoms with van der Waals surface area (Å²) >= 11 is 0. The molecule has 6 heterocycles. The number of ether oxygens (including phenoxy) is 1. The van der Waals surface area contributed by atoms with E-state index in [1.54, 1.807) is 31.0 Å². The maximum absolute atomic E-state index is 14.7. The Balaban J connectivity index is 1.23. The number of likely N-dealkylation sites (tertiary alicyclic amines) is 1. The first-order chi connectivity index (χ1) is 19.2. The molecule has 1 aromatic carbocycles. The molecule has 0 saturated carbocycles. The summed E-state index contributed by atoms with van der Waals surface area (Å²) in [7, 11) is 0. The Morgan fingerprint density at radius 1 is 0.872 bits per heavy atom. The van der Waals surface area contributed by atoms with Gasteiger partial charge < -0.3 is 9.72 Å². The summed E-state index contributed by atoms with van der Waals surface area (Å²) in [5.41, 5.74) is 6.62. The van der Waals surface area contributed by atoms with Crippen molar-refractivity contribution in [1.29, 1.82) is 0 Å². The van der Waals surface area contributed by atoms with Gasteiger partial charge in [-0.1, -0.05) is 0 Å². The summed E-state index contributed by atoms with van der Waals surface area (Å²) in [6.07, 6.45) is 11.3. The molecule has 1 aliphatic rings. The number of halogens is 1. The van der Waals surface area contributed by atoms with Crippen LogP contribution in [0.4, 0.5) is 4.39 Å². The molecular weight excluding hydrogens is 493 g/mol. The van der Waals surface area contributed by atoms with Crippen molar-refractivity contribution in [3.63, 3.8) is 0 Å². The Bertz CT molecular complexity index is 1770. The van der Waals surface area contributed by atoms with Crippen molar-refractivity contribution >= 4 is 21.8 Å². The number of pyridine rings is 3. The van der Waals surface area contributed by atoms with Gasteiger partial charge in [0.05, 0.1) is 34.8 Å². The fraction of sp³-hybridized carbons (Fsp3) is 0.200. The van der Waals surface area contributed by atoms with Crippen molar-refractivity contribution in [3.05, 3.63) is 79.3 Å². The summed E-state index contributed by atoms with van der Waals surface area (Å²) in [6, 6.07) is 12.8. The second-order valence-corrected chi connectivity index (χ2v) is 9.83. The molecule has 0 spiro atoms. The third-order valence-electron chi connectivity index (χ3n) is 7.28. The molecular formula is C30H26FN7O. The molecule has 0 atom stereocenters. The van der Waals surface area contributed by atoms with Gasteiger partial charge in [-0.3, -0.25) is 25.0 Å². The van der Waals surface area contributed by atoms with Gasteiger partial charge in [-0.2, -0.15) is 5.10 Å². The molecule has 0 amide bonds. The van der Waals surface area contributed by atoms with Crippen molar-refractivity contribution in [2.24, 2.45) is 0 Å². The van der Waals surface area contributed by atoms with Gasteiger partial charge in [-0.15, -0.1) is 0 Å². The molecule has 39 heavy (non-hydrogen) atoms. The highest BCUT2D eigenvalue weighted by Gasteiger charge is 2.16. The van der Waals surface area contributed by atoms with Crippen LogP contribution in [0.25, 0.3) is 55.6 Å². The smallest absolute Gasteiger partial charge is 0.127 e. The van der Waals surface area contributed by atoms with Gasteiger partial charge in [0.1, 0.15) is 23.9 Å². The molecule has 0 aliphatic carbocycles. The highest BCUT2D eigenvalue weighted by atomic mass is 19.1.